The topological polar surface area (TPSA) is 45.8 Å². The fourth-order valence-electron chi connectivity index (χ4n) is 2.00. The van der Waals surface area contributed by atoms with Crippen molar-refractivity contribution in [1.29, 1.82) is 0 Å². The number of nitrogens with one attached hydrogen (secondary N) is 3. The number of rotatable bonds is 0. The first-order valence-electron chi connectivity index (χ1n) is 7.70. The van der Waals surface area contributed by atoms with Crippen LogP contribution in [0.25, 0.3) is 0 Å². The maximum atomic E-state index is 3.11. The van der Waals surface area contributed by atoms with Crippen LogP contribution in [0, 0.1) is 0 Å². The van der Waals surface area contributed by atoms with Crippen LogP contribution >= 0.6 is 0 Å². The van der Waals surface area contributed by atoms with E-state index in [0.717, 1.165) is 6.54 Å². The van der Waals surface area contributed by atoms with Crippen LogP contribution < -0.4 is 16.3 Å². The van der Waals surface area contributed by atoms with Crippen LogP contribution in [0.2, 0.25) is 0 Å². The van der Waals surface area contributed by atoms with Gasteiger partial charge in [0.2, 0.25) is 0 Å². The molecule has 0 aromatic heterocycles. The molecule has 3 N–H and O–H groups in total. The van der Waals surface area contributed by atoms with Crippen LogP contribution in [0.4, 0.5) is 0 Å². The van der Waals surface area contributed by atoms with Crippen LogP contribution in [0.3, 0.4) is 0 Å². The molecule has 0 amide bonds. The Kier molecular flexibility index (Phi) is 7.83. The first-order chi connectivity index (χ1) is 10.9. The van der Waals surface area contributed by atoms with Crippen molar-refractivity contribution < 1.29 is 0 Å². The zero-order chi connectivity index (χ0) is 17.2. The zero-order valence-electron chi connectivity index (χ0n) is 15.1. The van der Waals surface area contributed by atoms with Crippen LogP contribution in [-0.4, -0.2) is 42.7 Å². The highest BCUT2D eigenvalue weighted by Gasteiger charge is 2.00. The van der Waals surface area contributed by atoms with Crippen molar-refractivity contribution in [3.63, 3.8) is 0 Å². The fraction of sp³-hybridized carbons (Fsp3) is 0.412. The Morgan fingerprint density at radius 2 is 1.22 bits per heavy atom. The summed E-state index contributed by atoms with van der Waals surface area (Å²) in [7, 11) is 5.95. The molecule has 3 heterocycles. The molecule has 128 valence electrons. The second-order valence-corrected chi connectivity index (χ2v) is 5.71. The summed E-state index contributed by atoms with van der Waals surface area (Å²) in [6, 6.07) is 0. The Hall–Kier alpha value is -2.34. The minimum atomic E-state index is 1.03. The van der Waals surface area contributed by atoms with Crippen molar-refractivity contribution in [2.45, 2.75) is 20.8 Å². The van der Waals surface area contributed by atoms with E-state index >= 15 is 0 Å². The van der Waals surface area contributed by atoms with E-state index in [9.17, 15) is 0 Å². The summed E-state index contributed by atoms with van der Waals surface area (Å²) in [5.74, 6) is 0. The number of hydrogen-bond donors (Lipinski definition) is 3. The van der Waals surface area contributed by atoms with Gasteiger partial charge in [-0.3, -0.25) is 10.0 Å². The van der Waals surface area contributed by atoms with Crippen LogP contribution in [0.5, 0.6) is 0 Å². The number of hydrogen-bond acceptors (Lipinski definition) is 6. The number of nitrogens with zero attached hydrogens (tertiary/aromatic N) is 3. The molecule has 0 aliphatic carbocycles. The third-order valence-electron chi connectivity index (χ3n) is 3.06. The third-order valence-corrected chi connectivity index (χ3v) is 3.06. The average molecular weight is 318 g/mol. The summed E-state index contributed by atoms with van der Waals surface area (Å²) < 4.78 is 0. The Morgan fingerprint density at radius 3 is 1.39 bits per heavy atom. The van der Waals surface area contributed by atoms with E-state index in [0.29, 0.717) is 0 Å². The zero-order valence-corrected chi connectivity index (χ0v) is 15.1. The smallest absolute Gasteiger partial charge is 0.0376 e. The molecule has 0 saturated carbocycles. The largest absolute Gasteiger partial charge is 0.324 e. The lowest BCUT2D eigenvalue weighted by Gasteiger charge is -2.19. The minimum absolute atomic E-state index is 1.03. The van der Waals surface area contributed by atoms with Gasteiger partial charge in [-0.1, -0.05) is 0 Å². The van der Waals surface area contributed by atoms with Gasteiger partial charge in [-0.2, -0.15) is 0 Å². The standard InChI is InChI=1S/2C6H10N2.C5H10N2/c2*1-6-4-3-5-8(2)7-6;1-5-3-4-7(2)6-5/h2*3-5,7H,1-2H3;3,6H,4H2,1-2H3. The number of allylic oxidation sites excluding steroid dienone is 7. The Bertz CT molecular complexity index is 481. The van der Waals surface area contributed by atoms with Gasteiger partial charge in [0, 0.05) is 57.2 Å². The van der Waals surface area contributed by atoms with Gasteiger partial charge in [0.25, 0.3) is 0 Å². The molecule has 0 saturated heterocycles. The van der Waals surface area contributed by atoms with Crippen molar-refractivity contribution in [2.24, 2.45) is 0 Å². The lowest BCUT2D eigenvalue weighted by molar-refractivity contribution is 0.322. The molecule has 3 rings (SSSR count). The molecule has 0 fully saturated rings. The van der Waals surface area contributed by atoms with Gasteiger partial charge >= 0.3 is 0 Å². The van der Waals surface area contributed by atoms with Gasteiger partial charge in [-0.15, -0.1) is 0 Å². The van der Waals surface area contributed by atoms with Crippen molar-refractivity contribution in [3.05, 3.63) is 59.9 Å². The summed E-state index contributed by atoms with van der Waals surface area (Å²) in [4.78, 5) is 0. The first-order valence-corrected chi connectivity index (χ1v) is 7.70. The van der Waals surface area contributed by atoms with Crippen LogP contribution in [0.1, 0.15) is 20.8 Å². The molecule has 23 heavy (non-hydrogen) atoms. The van der Waals surface area contributed by atoms with E-state index < -0.39 is 0 Å². The van der Waals surface area contributed by atoms with Gasteiger partial charge < -0.3 is 16.3 Å². The van der Waals surface area contributed by atoms with Crippen molar-refractivity contribution >= 4 is 0 Å². The number of likely N-dealkylation sites (N-methyl/N-ethyl adjacent to an activating group) is 1. The second-order valence-electron chi connectivity index (χ2n) is 5.71. The molecular weight excluding hydrogens is 288 g/mol. The summed E-state index contributed by atoms with van der Waals surface area (Å²) in [6.07, 6.45) is 14.2. The molecule has 6 nitrogen and oxygen atoms in total. The predicted molar refractivity (Wildman–Crippen MR) is 97.1 cm³/mol. The summed E-state index contributed by atoms with van der Waals surface area (Å²) >= 11 is 0. The van der Waals surface area contributed by atoms with Crippen molar-refractivity contribution in [1.82, 2.24) is 31.3 Å². The quantitative estimate of drug-likeness (QED) is 0.635. The highest BCUT2D eigenvalue weighted by atomic mass is 15.5. The maximum absolute atomic E-state index is 3.11. The minimum Gasteiger partial charge on any atom is -0.324 e. The molecule has 3 aliphatic rings. The Labute approximate surface area is 140 Å². The maximum Gasteiger partial charge on any atom is 0.0376 e. The van der Waals surface area contributed by atoms with Gasteiger partial charge in [-0.05, 0) is 51.2 Å². The SMILES string of the molecule is CC1=CC=CN(C)N1.CC1=CC=CN(C)N1.CC1=CCN(C)N1. The molecule has 0 aromatic carbocycles. The Balaban J connectivity index is 0.000000173. The number of hydrazine groups is 3. The molecule has 0 atom stereocenters. The summed E-state index contributed by atoms with van der Waals surface area (Å²) in [5, 5.41) is 5.86. The van der Waals surface area contributed by atoms with E-state index in [4.69, 9.17) is 0 Å². The van der Waals surface area contributed by atoms with E-state index in [1.165, 1.54) is 17.1 Å². The average Bonchev–Trinajstić information content (AvgIpc) is 2.83. The fourth-order valence-corrected chi connectivity index (χ4v) is 2.00. The molecule has 0 aromatic rings. The Morgan fingerprint density at radius 1 is 0.739 bits per heavy atom. The molecule has 0 unspecified atom stereocenters. The van der Waals surface area contributed by atoms with Gasteiger partial charge in [0.15, 0.2) is 0 Å². The highest BCUT2D eigenvalue weighted by Crippen LogP contribution is 1.97. The first kappa shape index (κ1) is 18.7. The van der Waals surface area contributed by atoms with E-state index in [2.05, 4.69) is 29.3 Å². The van der Waals surface area contributed by atoms with E-state index in [-0.39, 0.29) is 0 Å². The summed E-state index contributed by atoms with van der Waals surface area (Å²) in [5.41, 5.74) is 12.9. The molecule has 3 aliphatic heterocycles. The van der Waals surface area contributed by atoms with Crippen LogP contribution in [-0.2, 0) is 0 Å². The van der Waals surface area contributed by atoms with Gasteiger partial charge in [0.05, 0.1) is 0 Å². The molecule has 0 radical (unpaired) electrons. The molecule has 6 heteroatoms. The highest BCUT2D eigenvalue weighted by molar-refractivity contribution is 5.12. The third kappa shape index (κ3) is 8.63. The van der Waals surface area contributed by atoms with Crippen molar-refractivity contribution in [2.75, 3.05) is 27.7 Å². The van der Waals surface area contributed by atoms with Crippen LogP contribution in [0.15, 0.2) is 59.9 Å². The monoisotopic (exact) mass is 318 g/mol. The van der Waals surface area contributed by atoms with Crippen molar-refractivity contribution in [3.8, 4) is 0 Å². The summed E-state index contributed by atoms with van der Waals surface area (Å²) in [6.45, 7) is 7.15. The lowest BCUT2D eigenvalue weighted by Crippen LogP contribution is -2.29. The molecule has 0 bridgehead atoms. The molecular formula is C17H30N6. The van der Waals surface area contributed by atoms with Gasteiger partial charge in [0.1, 0.15) is 0 Å². The normalized spacial score (nSPS) is 19.0. The molecule has 0 spiro atoms. The second kappa shape index (κ2) is 9.63. The van der Waals surface area contributed by atoms with Gasteiger partial charge in [-0.25, -0.2) is 5.01 Å². The lowest BCUT2D eigenvalue weighted by atomic mass is 10.4. The van der Waals surface area contributed by atoms with E-state index in [1.54, 1.807) is 0 Å². The van der Waals surface area contributed by atoms with E-state index in [1.807, 2.05) is 86.7 Å². The predicted octanol–water partition coefficient (Wildman–Crippen LogP) is 2.05.